The monoisotopic (exact) mass is 464 g/mol. The van der Waals surface area contributed by atoms with Gasteiger partial charge in [0.1, 0.15) is 6.04 Å². The Hall–Kier alpha value is -3.02. The molecular weight excluding hydrogens is 428 g/mol. The SMILES string of the molecule is CC[C@H](C(=O)NC1CCCCC1)N(Cc1ccc(C)cc1)C(=O)CCc1ccc2c(c1)OCO2. The third kappa shape index (κ3) is 6.10. The zero-order valence-corrected chi connectivity index (χ0v) is 20.3. The van der Waals surface area contributed by atoms with Crippen molar-refractivity contribution in [3.8, 4) is 11.5 Å². The van der Waals surface area contributed by atoms with Crippen LogP contribution in [0.2, 0.25) is 0 Å². The maximum absolute atomic E-state index is 13.5. The predicted molar refractivity (Wildman–Crippen MR) is 132 cm³/mol. The van der Waals surface area contributed by atoms with Crippen molar-refractivity contribution < 1.29 is 19.1 Å². The topological polar surface area (TPSA) is 67.9 Å². The van der Waals surface area contributed by atoms with Crippen molar-refractivity contribution >= 4 is 11.8 Å². The average Bonchev–Trinajstić information content (AvgIpc) is 3.32. The fourth-order valence-electron chi connectivity index (χ4n) is 4.85. The Balaban J connectivity index is 1.47. The molecule has 1 heterocycles. The van der Waals surface area contributed by atoms with Crippen LogP contribution >= 0.6 is 0 Å². The molecule has 1 fully saturated rings. The summed E-state index contributed by atoms with van der Waals surface area (Å²) in [6.07, 6.45) is 7.10. The van der Waals surface area contributed by atoms with Gasteiger partial charge in [-0.3, -0.25) is 9.59 Å². The standard InChI is InChI=1S/C28H36N2O4/c1-3-24(28(32)29-23-7-5-4-6-8-23)30(18-22-11-9-20(2)10-12-22)27(31)16-14-21-13-15-25-26(17-21)34-19-33-25/h9-13,15,17,23-24H,3-8,14,16,18-19H2,1-2H3,(H,29,32)/t24-/m1/s1. The zero-order chi connectivity index (χ0) is 23.9. The van der Waals surface area contributed by atoms with Crippen LogP contribution in [-0.2, 0) is 22.6 Å². The lowest BCUT2D eigenvalue weighted by molar-refractivity contribution is -0.141. The third-order valence-corrected chi connectivity index (χ3v) is 6.88. The van der Waals surface area contributed by atoms with E-state index in [4.69, 9.17) is 9.47 Å². The molecule has 1 saturated carbocycles. The Morgan fingerprint density at radius 3 is 2.44 bits per heavy atom. The molecule has 0 saturated heterocycles. The van der Waals surface area contributed by atoms with E-state index in [1.165, 1.54) is 12.0 Å². The van der Waals surface area contributed by atoms with Crippen LogP contribution in [0.1, 0.15) is 68.6 Å². The second-order valence-electron chi connectivity index (χ2n) is 9.46. The first-order valence-corrected chi connectivity index (χ1v) is 12.6. The first-order valence-electron chi connectivity index (χ1n) is 12.6. The first kappa shape index (κ1) is 24.1. The van der Waals surface area contributed by atoms with Crippen molar-refractivity contribution in [1.82, 2.24) is 10.2 Å². The molecule has 1 atom stereocenters. The van der Waals surface area contributed by atoms with Crippen molar-refractivity contribution in [2.24, 2.45) is 0 Å². The van der Waals surface area contributed by atoms with Gasteiger partial charge in [0.05, 0.1) is 0 Å². The molecule has 34 heavy (non-hydrogen) atoms. The van der Waals surface area contributed by atoms with Gasteiger partial charge >= 0.3 is 0 Å². The first-order chi connectivity index (χ1) is 16.5. The minimum atomic E-state index is -0.479. The fraction of sp³-hybridized carbons (Fsp3) is 0.500. The average molecular weight is 465 g/mol. The van der Waals surface area contributed by atoms with Gasteiger partial charge in [0.15, 0.2) is 11.5 Å². The fourth-order valence-corrected chi connectivity index (χ4v) is 4.85. The molecule has 182 valence electrons. The zero-order valence-electron chi connectivity index (χ0n) is 20.3. The van der Waals surface area contributed by atoms with Gasteiger partial charge in [0, 0.05) is 19.0 Å². The predicted octanol–water partition coefficient (Wildman–Crippen LogP) is 4.91. The number of ether oxygens (including phenoxy) is 2. The Kier molecular flexibility index (Phi) is 8.09. The Bertz CT molecular complexity index is 982. The number of carbonyl (C=O) groups excluding carboxylic acids is 2. The summed E-state index contributed by atoms with van der Waals surface area (Å²) in [6.45, 7) is 4.69. The van der Waals surface area contributed by atoms with E-state index < -0.39 is 6.04 Å². The number of hydrogen-bond acceptors (Lipinski definition) is 4. The molecule has 4 rings (SSSR count). The highest BCUT2D eigenvalue weighted by Gasteiger charge is 2.30. The summed E-state index contributed by atoms with van der Waals surface area (Å²) in [5, 5.41) is 3.24. The molecular formula is C28H36N2O4. The van der Waals surface area contributed by atoms with Gasteiger partial charge in [-0.2, -0.15) is 0 Å². The summed E-state index contributed by atoms with van der Waals surface area (Å²) >= 11 is 0. The molecule has 1 aliphatic heterocycles. The van der Waals surface area contributed by atoms with Crippen molar-refractivity contribution in [2.75, 3.05) is 6.79 Å². The summed E-state index contributed by atoms with van der Waals surface area (Å²) in [5.41, 5.74) is 3.23. The highest BCUT2D eigenvalue weighted by Crippen LogP contribution is 2.33. The summed E-state index contributed by atoms with van der Waals surface area (Å²) in [7, 11) is 0. The highest BCUT2D eigenvalue weighted by molar-refractivity contribution is 5.88. The second-order valence-corrected chi connectivity index (χ2v) is 9.46. The second kappa shape index (κ2) is 11.4. The maximum atomic E-state index is 13.5. The molecule has 0 bridgehead atoms. The lowest BCUT2D eigenvalue weighted by Crippen LogP contribution is -2.51. The molecule has 6 nitrogen and oxygen atoms in total. The van der Waals surface area contributed by atoms with E-state index in [0.29, 0.717) is 25.8 Å². The van der Waals surface area contributed by atoms with E-state index in [9.17, 15) is 9.59 Å². The molecule has 0 spiro atoms. The van der Waals surface area contributed by atoms with Gasteiger partial charge in [-0.25, -0.2) is 0 Å². The lowest BCUT2D eigenvalue weighted by atomic mass is 9.95. The molecule has 2 aliphatic rings. The van der Waals surface area contributed by atoms with Gasteiger partial charge in [-0.05, 0) is 55.9 Å². The minimum Gasteiger partial charge on any atom is -0.454 e. The maximum Gasteiger partial charge on any atom is 0.243 e. The van der Waals surface area contributed by atoms with Crippen LogP contribution in [-0.4, -0.2) is 35.6 Å². The molecule has 6 heteroatoms. The summed E-state index contributed by atoms with van der Waals surface area (Å²) in [4.78, 5) is 28.6. The lowest BCUT2D eigenvalue weighted by Gasteiger charge is -2.33. The quantitative estimate of drug-likeness (QED) is 0.572. The Morgan fingerprint density at radius 1 is 1.00 bits per heavy atom. The third-order valence-electron chi connectivity index (χ3n) is 6.88. The van der Waals surface area contributed by atoms with Crippen molar-refractivity contribution in [1.29, 1.82) is 0 Å². The van der Waals surface area contributed by atoms with Gasteiger partial charge < -0.3 is 19.7 Å². The van der Waals surface area contributed by atoms with Crippen molar-refractivity contribution in [3.63, 3.8) is 0 Å². The van der Waals surface area contributed by atoms with Crippen LogP contribution in [0, 0.1) is 6.92 Å². The van der Waals surface area contributed by atoms with Crippen LogP contribution < -0.4 is 14.8 Å². The van der Waals surface area contributed by atoms with Crippen molar-refractivity contribution in [2.45, 2.75) is 83.8 Å². The van der Waals surface area contributed by atoms with Crippen LogP contribution in [0.5, 0.6) is 11.5 Å². The number of hydrogen-bond donors (Lipinski definition) is 1. The number of aryl methyl sites for hydroxylation is 2. The van der Waals surface area contributed by atoms with E-state index in [1.54, 1.807) is 4.90 Å². The Labute approximate surface area is 202 Å². The highest BCUT2D eigenvalue weighted by atomic mass is 16.7. The van der Waals surface area contributed by atoms with E-state index in [2.05, 4.69) is 5.32 Å². The normalized spacial score (nSPS) is 16.2. The van der Waals surface area contributed by atoms with E-state index >= 15 is 0 Å². The molecule has 1 N–H and O–H groups in total. The number of fused-ring (bicyclic) bond motifs is 1. The van der Waals surface area contributed by atoms with Crippen LogP contribution in [0.15, 0.2) is 42.5 Å². The summed E-state index contributed by atoms with van der Waals surface area (Å²) in [5.74, 6) is 1.42. The number of benzene rings is 2. The molecule has 0 radical (unpaired) electrons. The summed E-state index contributed by atoms with van der Waals surface area (Å²) < 4.78 is 10.9. The van der Waals surface area contributed by atoms with Gasteiger partial charge in [-0.1, -0.05) is 62.1 Å². The molecule has 2 aromatic carbocycles. The van der Waals surface area contributed by atoms with Gasteiger partial charge in [0.25, 0.3) is 0 Å². The smallest absolute Gasteiger partial charge is 0.243 e. The molecule has 0 aromatic heterocycles. The molecule has 2 amide bonds. The van der Waals surface area contributed by atoms with Crippen LogP contribution in [0.4, 0.5) is 0 Å². The number of amides is 2. The largest absolute Gasteiger partial charge is 0.454 e. The van der Waals surface area contributed by atoms with E-state index in [-0.39, 0.29) is 24.6 Å². The summed E-state index contributed by atoms with van der Waals surface area (Å²) in [6, 6.07) is 13.7. The van der Waals surface area contributed by atoms with Gasteiger partial charge in [0.2, 0.25) is 18.6 Å². The molecule has 2 aromatic rings. The number of nitrogens with zero attached hydrogens (tertiary/aromatic N) is 1. The van der Waals surface area contributed by atoms with Crippen molar-refractivity contribution in [3.05, 3.63) is 59.2 Å². The Morgan fingerprint density at radius 2 is 1.71 bits per heavy atom. The minimum absolute atomic E-state index is 0.0103. The van der Waals surface area contributed by atoms with Crippen LogP contribution in [0.3, 0.4) is 0 Å². The number of rotatable bonds is 9. The van der Waals surface area contributed by atoms with Crippen LogP contribution in [0.25, 0.3) is 0 Å². The van der Waals surface area contributed by atoms with E-state index in [0.717, 1.165) is 48.3 Å². The molecule has 1 aliphatic carbocycles. The van der Waals surface area contributed by atoms with Gasteiger partial charge in [-0.15, -0.1) is 0 Å². The number of carbonyl (C=O) groups is 2. The molecule has 0 unspecified atom stereocenters. The van der Waals surface area contributed by atoms with E-state index in [1.807, 2.05) is 56.3 Å². The number of nitrogens with one attached hydrogen (secondary N) is 1.